The zero-order chi connectivity index (χ0) is 18.8. The van der Waals surface area contributed by atoms with E-state index in [9.17, 15) is 9.90 Å². The number of aliphatic hydroxyl groups is 1. The average molecular weight is 348 g/mol. The maximum absolute atomic E-state index is 11.4. The first kappa shape index (κ1) is 20.9. The highest BCUT2D eigenvalue weighted by Crippen LogP contribution is 2.28. The molecule has 138 valence electrons. The van der Waals surface area contributed by atoms with Gasteiger partial charge in [0.2, 0.25) is 0 Å². The van der Waals surface area contributed by atoms with Crippen LogP contribution in [0.5, 0.6) is 11.5 Å². The summed E-state index contributed by atoms with van der Waals surface area (Å²) in [4.78, 5) is 13.5. The van der Waals surface area contributed by atoms with Crippen LogP contribution >= 0.6 is 0 Å². The lowest BCUT2D eigenvalue weighted by molar-refractivity contribution is 0.0640. The summed E-state index contributed by atoms with van der Waals surface area (Å²) in [5.41, 5.74) is 0.546. The molecule has 0 aliphatic carbocycles. The van der Waals surface area contributed by atoms with Crippen molar-refractivity contribution in [2.75, 3.05) is 33.4 Å². The van der Waals surface area contributed by atoms with Crippen molar-refractivity contribution < 1.29 is 19.4 Å². The summed E-state index contributed by atoms with van der Waals surface area (Å²) in [5, 5.41) is 19.0. The molecule has 1 aromatic carbocycles. The Hall–Kier alpha value is -2.10. The number of methoxy groups -OCH3 is 1. The van der Waals surface area contributed by atoms with Gasteiger partial charge in [-0.2, -0.15) is 5.26 Å². The van der Waals surface area contributed by atoms with Crippen LogP contribution in [0.15, 0.2) is 18.2 Å². The van der Waals surface area contributed by atoms with Crippen LogP contribution in [0.2, 0.25) is 0 Å². The SMILES string of the molecule is COc1cc(C(C)=O)ccc1OCC(O)CN(CCC#N)CC(C)C. The van der Waals surface area contributed by atoms with Gasteiger partial charge in [-0.05, 0) is 31.0 Å². The number of ketones is 1. The van der Waals surface area contributed by atoms with Crippen molar-refractivity contribution in [3.63, 3.8) is 0 Å². The molecule has 0 bridgehead atoms. The molecule has 1 N–H and O–H groups in total. The second-order valence-electron chi connectivity index (χ2n) is 6.45. The highest BCUT2D eigenvalue weighted by atomic mass is 16.5. The number of aliphatic hydroxyl groups excluding tert-OH is 1. The van der Waals surface area contributed by atoms with E-state index in [1.54, 1.807) is 18.2 Å². The standard InChI is InChI=1S/C19H28N2O4/c1-14(2)11-21(9-5-8-20)12-17(23)13-25-18-7-6-16(15(3)22)10-19(18)24-4/h6-7,10,14,17,23H,5,9,11-13H2,1-4H3. The van der Waals surface area contributed by atoms with E-state index in [0.717, 1.165) is 6.54 Å². The molecule has 1 atom stereocenters. The number of hydrogen-bond acceptors (Lipinski definition) is 6. The van der Waals surface area contributed by atoms with E-state index in [0.29, 0.717) is 42.5 Å². The number of rotatable bonds is 11. The summed E-state index contributed by atoms with van der Waals surface area (Å²) in [6.45, 7) is 7.68. The van der Waals surface area contributed by atoms with Crippen molar-refractivity contribution in [2.24, 2.45) is 5.92 Å². The Balaban J connectivity index is 2.63. The number of Topliss-reactive ketones (excluding diaryl/α,β-unsaturated/α-hetero) is 1. The molecule has 0 aliphatic rings. The van der Waals surface area contributed by atoms with Crippen molar-refractivity contribution in [2.45, 2.75) is 33.3 Å². The molecule has 0 fully saturated rings. The molecule has 1 rings (SSSR count). The van der Waals surface area contributed by atoms with Crippen molar-refractivity contribution >= 4 is 5.78 Å². The zero-order valence-electron chi connectivity index (χ0n) is 15.5. The summed E-state index contributed by atoms with van der Waals surface area (Å²) in [5.74, 6) is 1.35. The van der Waals surface area contributed by atoms with Crippen LogP contribution in [-0.4, -0.2) is 55.2 Å². The van der Waals surface area contributed by atoms with Gasteiger partial charge in [0, 0.05) is 31.6 Å². The van der Waals surface area contributed by atoms with Crippen LogP contribution in [-0.2, 0) is 0 Å². The molecular weight excluding hydrogens is 320 g/mol. The number of hydrogen-bond donors (Lipinski definition) is 1. The lowest BCUT2D eigenvalue weighted by atomic mass is 10.1. The third-order valence-electron chi connectivity index (χ3n) is 3.63. The molecule has 0 radical (unpaired) electrons. The maximum atomic E-state index is 11.4. The van der Waals surface area contributed by atoms with E-state index < -0.39 is 6.10 Å². The summed E-state index contributed by atoms with van der Waals surface area (Å²) >= 11 is 0. The van der Waals surface area contributed by atoms with Crippen LogP contribution in [0, 0.1) is 17.2 Å². The number of benzene rings is 1. The predicted molar refractivity (Wildman–Crippen MR) is 96.0 cm³/mol. The fourth-order valence-corrected chi connectivity index (χ4v) is 2.52. The van der Waals surface area contributed by atoms with Gasteiger partial charge in [0.15, 0.2) is 17.3 Å². The second kappa shape index (κ2) is 10.7. The van der Waals surface area contributed by atoms with E-state index in [4.69, 9.17) is 14.7 Å². The molecule has 0 aromatic heterocycles. The molecule has 25 heavy (non-hydrogen) atoms. The zero-order valence-corrected chi connectivity index (χ0v) is 15.5. The van der Waals surface area contributed by atoms with Crippen LogP contribution < -0.4 is 9.47 Å². The number of ether oxygens (including phenoxy) is 2. The normalized spacial score (nSPS) is 12.1. The van der Waals surface area contributed by atoms with Gasteiger partial charge in [-0.1, -0.05) is 13.8 Å². The first-order valence-electron chi connectivity index (χ1n) is 8.46. The smallest absolute Gasteiger partial charge is 0.161 e. The van der Waals surface area contributed by atoms with E-state index in [2.05, 4.69) is 24.8 Å². The summed E-state index contributed by atoms with van der Waals surface area (Å²) in [7, 11) is 1.51. The Morgan fingerprint density at radius 3 is 2.60 bits per heavy atom. The third-order valence-corrected chi connectivity index (χ3v) is 3.63. The lowest BCUT2D eigenvalue weighted by Gasteiger charge is -2.26. The molecule has 1 aromatic rings. The highest BCUT2D eigenvalue weighted by molar-refractivity contribution is 5.94. The van der Waals surface area contributed by atoms with Gasteiger partial charge in [0.05, 0.1) is 13.2 Å². The summed E-state index contributed by atoms with van der Waals surface area (Å²) in [6, 6.07) is 7.10. The van der Waals surface area contributed by atoms with Crippen LogP contribution in [0.25, 0.3) is 0 Å². The Bertz CT molecular complexity index is 596. The van der Waals surface area contributed by atoms with E-state index in [-0.39, 0.29) is 12.4 Å². The topological polar surface area (TPSA) is 82.8 Å². The largest absolute Gasteiger partial charge is 0.493 e. The number of carbonyl (C=O) groups excluding carboxylic acids is 1. The molecule has 0 saturated heterocycles. The van der Waals surface area contributed by atoms with Gasteiger partial charge < -0.3 is 14.6 Å². The molecule has 0 spiro atoms. The molecule has 6 nitrogen and oxygen atoms in total. The van der Waals surface area contributed by atoms with Gasteiger partial charge in [0.25, 0.3) is 0 Å². The molecule has 1 unspecified atom stereocenters. The Labute approximate surface area is 150 Å². The van der Waals surface area contributed by atoms with Crippen molar-refractivity contribution in [3.8, 4) is 17.6 Å². The summed E-state index contributed by atoms with van der Waals surface area (Å²) in [6.07, 6.45) is -0.254. The van der Waals surface area contributed by atoms with E-state index in [1.165, 1.54) is 14.0 Å². The minimum Gasteiger partial charge on any atom is -0.493 e. The maximum Gasteiger partial charge on any atom is 0.161 e. The first-order chi connectivity index (χ1) is 11.9. The number of carbonyl (C=O) groups is 1. The molecule has 0 aliphatic heterocycles. The van der Waals surface area contributed by atoms with Crippen molar-refractivity contribution in [1.29, 1.82) is 5.26 Å². The highest BCUT2D eigenvalue weighted by Gasteiger charge is 2.15. The van der Waals surface area contributed by atoms with Gasteiger partial charge in [0.1, 0.15) is 12.7 Å². The van der Waals surface area contributed by atoms with Crippen molar-refractivity contribution in [3.05, 3.63) is 23.8 Å². The van der Waals surface area contributed by atoms with Gasteiger partial charge in [-0.3, -0.25) is 9.69 Å². The summed E-state index contributed by atoms with van der Waals surface area (Å²) < 4.78 is 10.9. The van der Waals surface area contributed by atoms with E-state index >= 15 is 0 Å². The number of nitriles is 1. The van der Waals surface area contributed by atoms with Gasteiger partial charge in [-0.25, -0.2) is 0 Å². The second-order valence-corrected chi connectivity index (χ2v) is 6.45. The minimum absolute atomic E-state index is 0.0493. The van der Waals surface area contributed by atoms with E-state index in [1.807, 2.05) is 0 Å². The monoisotopic (exact) mass is 348 g/mol. The Morgan fingerprint density at radius 2 is 2.04 bits per heavy atom. The fraction of sp³-hybridized carbons (Fsp3) is 0.579. The quantitative estimate of drug-likeness (QED) is 0.619. The van der Waals surface area contributed by atoms with Crippen LogP contribution in [0.3, 0.4) is 0 Å². The van der Waals surface area contributed by atoms with Gasteiger partial charge >= 0.3 is 0 Å². The molecule has 0 saturated carbocycles. The van der Waals surface area contributed by atoms with Crippen LogP contribution in [0.4, 0.5) is 0 Å². The predicted octanol–water partition coefficient (Wildman–Crippen LogP) is 2.51. The fourth-order valence-electron chi connectivity index (χ4n) is 2.52. The third kappa shape index (κ3) is 7.55. The first-order valence-corrected chi connectivity index (χ1v) is 8.46. The lowest BCUT2D eigenvalue weighted by Crippen LogP contribution is -2.38. The van der Waals surface area contributed by atoms with Gasteiger partial charge in [-0.15, -0.1) is 0 Å². The average Bonchev–Trinajstić information content (AvgIpc) is 2.57. The van der Waals surface area contributed by atoms with Crippen molar-refractivity contribution in [1.82, 2.24) is 4.90 Å². The number of nitrogens with zero attached hydrogens (tertiary/aromatic N) is 2. The molecule has 0 amide bonds. The molecule has 0 heterocycles. The molecular formula is C19H28N2O4. The molecule has 6 heteroatoms. The minimum atomic E-state index is -0.686. The van der Waals surface area contributed by atoms with Crippen LogP contribution in [0.1, 0.15) is 37.6 Å². The Kier molecular flexibility index (Phi) is 8.96. The Morgan fingerprint density at radius 1 is 1.32 bits per heavy atom.